The second-order valence-corrected chi connectivity index (χ2v) is 16.7. The number of nitrogens with one attached hydrogen (secondary N) is 1. The number of nitrogens with zero attached hydrogens (tertiary/aromatic N) is 2. The first-order valence-electron chi connectivity index (χ1n) is 21.1. The predicted molar refractivity (Wildman–Crippen MR) is 244 cm³/mol. The van der Waals surface area contributed by atoms with E-state index in [-0.39, 0.29) is 52.5 Å². The Labute approximate surface area is 434 Å². The van der Waals surface area contributed by atoms with E-state index in [0.29, 0.717) is 22.7 Å². The molecule has 0 aliphatic rings. The second-order valence-electron chi connectivity index (χ2n) is 15.9. The van der Waals surface area contributed by atoms with Gasteiger partial charge >= 0.3 is 43.4 Å². The van der Waals surface area contributed by atoms with E-state index in [9.17, 15) is 79.8 Å². The molecule has 6 aromatic rings. The molecule has 1 amide bonds. The van der Waals surface area contributed by atoms with Gasteiger partial charge in [0.1, 0.15) is 28.7 Å². The number of allylic oxidation sites excluding steroid dienone is 1. The van der Waals surface area contributed by atoms with Gasteiger partial charge in [0, 0.05) is 49.5 Å². The molecule has 0 radical (unpaired) electrons. The van der Waals surface area contributed by atoms with Gasteiger partial charge in [-0.2, -0.15) is 61.5 Å². The molecule has 3 atom stereocenters. The first kappa shape index (κ1) is 62.4. The van der Waals surface area contributed by atoms with Crippen molar-refractivity contribution in [3.8, 4) is 11.5 Å². The molecule has 414 valence electrons. The standard InChI is InChI=1S/C25H17ClF8N2O2.C21H16ClF5N2O.C3H3F3O3/c26-17-6-7-20(35-14-17)23(13-15-4-2-1-3-5-15,36-21(37)8-9-24(30,31)32)16-10-18(27)12-19(11-16)38-25(33,34)22(28)29;22-15-6-7-18(29-12-15)20(28,11-13-4-2-1-3-5-13)14-8-16(23)10-17(9-14)30-21(26,27)19(24)25;4-3(5,6)1(7)2(8)9/h1-12,14,22H,13H2,(H,36,37);1-10,12,19H,11,28H2;1,7H,(H,8,9)/b9-8+;;/t23-;20-;1-/m000/s1. The van der Waals surface area contributed by atoms with Gasteiger partial charge in [-0.3, -0.25) is 14.8 Å². The van der Waals surface area contributed by atoms with Gasteiger partial charge in [0.05, 0.1) is 27.0 Å². The lowest BCUT2D eigenvalue weighted by atomic mass is 9.80. The number of carbonyl (C=O) groups excluding carboxylic acids is 1. The molecule has 5 N–H and O–H groups in total. The Morgan fingerprint density at radius 3 is 1.44 bits per heavy atom. The molecule has 0 unspecified atom stereocenters. The van der Waals surface area contributed by atoms with Crippen LogP contribution < -0.4 is 20.5 Å². The van der Waals surface area contributed by atoms with Crippen molar-refractivity contribution in [2.24, 2.45) is 5.73 Å². The van der Waals surface area contributed by atoms with Gasteiger partial charge in [0.2, 0.25) is 12.0 Å². The number of rotatable bonds is 17. The van der Waals surface area contributed by atoms with Gasteiger partial charge < -0.3 is 30.7 Å². The maximum absolute atomic E-state index is 14.7. The zero-order valence-corrected chi connectivity index (χ0v) is 39.8. The highest BCUT2D eigenvalue weighted by Gasteiger charge is 2.47. The van der Waals surface area contributed by atoms with Crippen molar-refractivity contribution in [1.29, 1.82) is 0 Å². The van der Waals surface area contributed by atoms with E-state index in [1.165, 1.54) is 30.5 Å². The topological polar surface area (TPSA) is 157 Å². The number of carbonyl (C=O) groups is 2. The lowest BCUT2D eigenvalue weighted by Crippen LogP contribution is -2.49. The fraction of sp³-hybridized carbons (Fsp3) is 0.224. The molecule has 2 heterocycles. The van der Waals surface area contributed by atoms with Crippen molar-refractivity contribution < 1.29 is 99.5 Å². The average Bonchev–Trinajstić information content (AvgIpc) is 3.33. The highest BCUT2D eigenvalue weighted by molar-refractivity contribution is 6.30. The average molecular weight is 1150 g/mol. The molecule has 10 nitrogen and oxygen atoms in total. The smallest absolute Gasteiger partial charge is 0.461 e. The third kappa shape index (κ3) is 18.2. The second kappa shape index (κ2) is 25.8. The largest absolute Gasteiger partial charge is 0.479 e. The van der Waals surface area contributed by atoms with E-state index in [4.69, 9.17) is 39.1 Å². The Balaban J connectivity index is 0.000000292. The maximum Gasteiger partial charge on any atom is 0.461 e. The minimum atomic E-state index is -5.06. The third-order valence-electron chi connectivity index (χ3n) is 10.1. The molecule has 6 rings (SSSR count). The number of hydrogen-bond donors (Lipinski definition) is 4. The summed E-state index contributed by atoms with van der Waals surface area (Å²) in [6.07, 6.45) is -29.2. The number of aliphatic carboxylic acids is 1. The number of aliphatic hydroxyl groups excluding tert-OH is 1. The summed E-state index contributed by atoms with van der Waals surface area (Å²) in [5.74, 6) is -7.62. The normalized spacial score (nSPS) is 14.1. The van der Waals surface area contributed by atoms with E-state index < -0.39 is 89.6 Å². The van der Waals surface area contributed by atoms with Gasteiger partial charge in [-0.25, -0.2) is 13.6 Å². The first-order valence-corrected chi connectivity index (χ1v) is 21.9. The number of pyridine rings is 2. The summed E-state index contributed by atoms with van der Waals surface area (Å²) in [6.45, 7) is 0. The van der Waals surface area contributed by atoms with Crippen LogP contribution in [0.15, 0.2) is 146 Å². The van der Waals surface area contributed by atoms with E-state index in [1.807, 2.05) is 0 Å². The van der Waals surface area contributed by atoms with E-state index in [2.05, 4.69) is 24.8 Å². The van der Waals surface area contributed by atoms with Crippen molar-refractivity contribution >= 4 is 35.1 Å². The zero-order valence-electron chi connectivity index (χ0n) is 38.3. The number of benzene rings is 4. The Morgan fingerprint density at radius 2 is 1.05 bits per heavy atom. The number of aliphatic hydroxyl groups is 1. The zero-order chi connectivity index (χ0) is 57.7. The van der Waals surface area contributed by atoms with Crippen molar-refractivity contribution in [3.05, 3.63) is 201 Å². The number of carboxylic acid groups (broad SMARTS) is 1. The number of aromatic nitrogens is 2. The molecular formula is C49H36Cl2F16N4O6. The molecule has 0 saturated carbocycles. The van der Waals surface area contributed by atoms with Crippen molar-refractivity contribution in [2.75, 3.05) is 0 Å². The fourth-order valence-corrected chi connectivity index (χ4v) is 6.89. The Kier molecular flexibility index (Phi) is 20.9. The molecule has 0 aliphatic carbocycles. The van der Waals surface area contributed by atoms with Crippen LogP contribution in [0.1, 0.15) is 33.6 Å². The predicted octanol–water partition coefficient (Wildman–Crippen LogP) is 12.4. The highest BCUT2D eigenvalue weighted by atomic mass is 35.5. The summed E-state index contributed by atoms with van der Waals surface area (Å²) in [4.78, 5) is 30.4. The SMILES string of the molecule is N[C@@](Cc1ccccc1)(c1cc(F)cc(OC(F)(F)C(F)F)c1)c1ccc(Cl)cn1.O=C(/C=C/C(F)(F)F)N[C@@](Cc1ccccc1)(c1cc(F)cc(OC(F)(F)C(F)F)c1)c1ccc(Cl)cn1.O=C(O)[C@H](O)C(F)(F)F. The van der Waals surface area contributed by atoms with Crippen LogP contribution in [0.5, 0.6) is 11.5 Å². The van der Waals surface area contributed by atoms with Crippen molar-refractivity contribution in [2.45, 2.75) is 67.4 Å². The lowest BCUT2D eigenvalue weighted by molar-refractivity contribution is -0.253. The van der Waals surface area contributed by atoms with Crippen LogP contribution in [0, 0.1) is 11.6 Å². The summed E-state index contributed by atoms with van der Waals surface area (Å²) in [6, 6.07) is 27.1. The molecule has 4 aromatic carbocycles. The van der Waals surface area contributed by atoms with E-state index in [1.54, 1.807) is 60.7 Å². The molecular weight excluding hydrogens is 1120 g/mol. The minimum absolute atomic E-state index is 0.0150. The maximum atomic E-state index is 14.7. The van der Waals surface area contributed by atoms with E-state index in [0.717, 1.165) is 36.0 Å². The lowest BCUT2D eigenvalue weighted by Gasteiger charge is -2.35. The quantitative estimate of drug-likeness (QED) is 0.0516. The van der Waals surface area contributed by atoms with Gasteiger partial charge in [0.25, 0.3) is 0 Å². The Hall–Kier alpha value is -7.16. The van der Waals surface area contributed by atoms with Crippen LogP contribution in [0.3, 0.4) is 0 Å². The summed E-state index contributed by atoms with van der Waals surface area (Å²) < 4.78 is 213. The Morgan fingerprint density at radius 1 is 0.623 bits per heavy atom. The summed E-state index contributed by atoms with van der Waals surface area (Å²) in [5.41, 5.74) is 4.17. The van der Waals surface area contributed by atoms with Crippen molar-refractivity contribution in [1.82, 2.24) is 15.3 Å². The molecule has 0 aliphatic heterocycles. The number of nitrogens with two attached hydrogens (primary N) is 1. The van der Waals surface area contributed by atoms with Crippen LogP contribution in [0.4, 0.5) is 70.2 Å². The number of carboxylic acids is 1. The number of alkyl halides is 14. The molecule has 28 heteroatoms. The van der Waals surface area contributed by atoms with Crippen LogP contribution in [-0.4, -0.2) is 75.6 Å². The van der Waals surface area contributed by atoms with Crippen LogP contribution in [0.25, 0.3) is 0 Å². The number of halogens is 18. The fourth-order valence-electron chi connectivity index (χ4n) is 6.66. The summed E-state index contributed by atoms with van der Waals surface area (Å²) >= 11 is 11.8. The molecule has 0 fully saturated rings. The monoisotopic (exact) mass is 1150 g/mol. The van der Waals surface area contributed by atoms with Crippen LogP contribution in [0.2, 0.25) is 10.0 Å². The van der Waals surface area contributed by atoms with Gasteiger partial charge in [-0.15, -0.1) is 0 Å². The Bertz CT molecular complexity index is 2930. The number of hydrogen-bond acceptors (Lipinski definition) is 8. The third-order valence-corrected chi connectivity index (χ3v) is 10.5. The number of amides is 1. The highest BCUT2D eigenvalue weighted by Crippen LogP contribution is 2.39. The minimum Gasteiger partial charge on any atom is -0.479 e. The van der Waals surface area contributed by atoms with Gasteiger partial charge in [-0.1, -0.05) is 83.9 Å². The molecule has 2 aromatic heterocycles. The van der Waals surface area contributed by atoms with Crippen LogP contribution in [-0.2, 0) is 33.5 Å². The molecule has 0 spiro atoms. The van der Waals surface area contributed by atoms with E-state index >= 15 is 0 Å². The van der Waals surface area contributed by atoms with Crippen LogP contribution >= 0.6 is 23.2 Å². The molecule has 0 bridgehead atoms. The van der Waals surface area contributed by atoms with Gasteiger partial charge in [-0.05, 0) is 70.8 Å². The summed E-state index contributed by atoms with van der Waals surface area (Å²) in [5, 5.41) is 18.1. The van der Waals surface area contributed by atoms with Crippen molar-refractivity contribution in [3.63, 3.8) is 0 Å². The van der Waals surface area contributed by atoms with Gasteiger partial charge in [0.15, 0.2) is 0 Å². The number of ether oxygens (including phenoxy) is 2. The molecule has 0 saturated heterocycles. The molecule has 77 heavy (non-hydrogen) atoms. The summed E-state index contributed by atoms with van der Waals surface area (Å²) in [7, 11) is 0. The first-order chi connectivity index (χ1) is 35.7.